The topological polar surface area (TPSA) is 85.6 Å². The molecule has 1 aromatic heterocycles. The number of carbonyl (C=O) groups is 2. The molecule has 0 saturated carbocycles. The van der Waals surface area contributed by atoms with Crippen LogP contribution in [0.2, 0.25) is 0 Å². The molecule has 0 radical (unpaired) electrons. The fourth-order valence-corrected chi connectivity index (χ4v) is 3.38. The van der Waals surface area contributed by atoms with Gasteiger partial charge in [0.05, 0.1) is 0 Å². The minimum absolute atomic E-state index is 0.0906. The highest BCUT2D eigenvalue weighted by Gasteiger charge is 2.14. The van der Waals surface area contributed by atoms with Crippen LogP contribution in [0, 0.1) is 6.92 Å². The predicted octanol–water partition coefficient (Wildman–Crippen LogP) is 3.71. The Hall–Kier alpha value is -3.41. The largest absolute Gasteiger partial charge is 0.427 e. The van der Waals surface area contributed by atoms with Gasteiger partial charge in [-0.1, -0.05) is 30.3 Å². The number of benzene rings is 2. The summed E-state index contributed by atoms with van der Waals surface area (Å²) in [5, 5.41) is 3.66. The molecule has 1 amide bonds. The van der Waals surface area contributed by atoms with E-state index in [9.17, 15) is 14.4 Å². The first-order valence-corrected chi connectivity index (χ1v) is 9.99. The van der Waals surface area contributed by atoms with Crippen LogP contribution in [0.5, 0.6) is 5.75 Å². The number of hydrogen-bond acceptors (Lipinski definition) is 5. The van der Waals surface area contributed by atoms with E-state index in [1.54, 1.807) is 12.1 Å². The van der Waals surface area contributed by atoms with Crippen LogP contribution in [-0.4, -0.2) is 18.4 Å². The molecule has 0 aliphatic rings. The monoisotopic (exact) mass is 407 g/mol. The molecule has 6 heteroatoms. The molecule has 0 aliphatic carbocycles. The molecule has 1 heterocycles. The van der Waals surface area contributed by atoms with Crippen molar-refractivity contribution >= 4 is 22.8 Å². The second-order valence-electron chi connectivity index (χ2n) is 7.18. The van der Waals surface area contributed by atoms with Crippen molar-refractivity contribution in [2.75, 3.05) is 6.54 Å². The minimum atomic E-state index is -0.475. The summed E-state index contributed by atoms with van der Waals surface area (Å²) in [5.41, 5.74) is 2.38. The lowest BCUT2D eigenvalue weighted by Crippen LogP contribution is -2.26. The molecule has 0 unspecified atom stereocenters. The van der Waals surface area contributed by atoms with Gasteiger partial charge in [-0.3, -0.25) is 9.59 Å². The van der Waals surface area contributed by atoms with Gasteiger partial charge >= 0.3 is 11.6 Å². The Kier molecular flexibility index (Phi) is 7.01. The van der Waals surface area contributed by atoms with Gasteiger partial charge in [-0.25, -0.2) is 4.79 Å². The molecule has 2 aromatic carbocycles. The Morgan fingerprint density at radius 1 is 1.07 bits per heavy atom. The van der Waals surface area contributed by atoms with Crippen molar-refractivity contribution in [1.82, 2.24) is 5.32 Å². The van der Waals surface area contributed by atoms with Gasteiger partial charge in [-0.2, -0.15) is 0 Å². The second-order valence-corrected chi connectivity index (χ2v) is 7.18. The highest BCUT2D eigenvalue weighted by molar-refractivity contribution is 5.83. The van der Waals surface area contributed by atoms with Crippen LogP contribution in [0.25, 0.3) is 11.0 Å². The van der Waals surface area contributed by atoms with E-state index in [1.807, 2.05) is 25.1 Å². The molecule has 3 aromatic rings. The molecule has 3 rings (SSSR count). The van der Waals surface area contributed by atoms with E-state index in [0.717, 1.165) is 23.8 Å². The average Bonchev–Trinajstić information content (AvgIpc) is 2.71. The maximum absolute atomic E-state index is 12.4. The first kappa shape index (κ1) is 21.3. The van der Waals surface area contributed by atoms with Gasteiger partial charge in [0, 0.05) is 36.9 Å². The maximum Gasteiger partial charge on any atom is 0.339 e. The van der Waals surface area contributed by atoms with E-state index in [2.05, 4.69) is 17.4 Å². The number of hydrogen-bond donors (Lipinski definition) is 1. The van der Waals surface area contributed by atoms with Crippen LogP contribution in [0.1, 0.15) is 36.5 Å². The lowest BCUT2D eigenvalue weighted by atomic mass is 10.0. The Morgan fingerprint density at radius 2 is 1.83 bits per heavy atom. The number of amides is 1. The van der Waals surface area contributed by atoms with Crippen LogP contribution in [0.4, 0.5) is 0 Å². The third-order valence-corrected chi connectivity index (χ3v) is 4.93. The summed E-state index contributed by atoms with van der Waals surface area (Å²) < 4.78 is 10.4. The van der Waals surface area contributed by atoms with Gasteiger partial charge in [0.15, 0.2) is 0 Å². The summed E-state index contributed by atoms with van der Waals surface area (Å²) in [6, 6.07) is 15.0. The van der Waals surface area contributed by atoms with Gasteiger partial charge in [0.1, 0.15) is 11.3 Å². The normalized spacial score (nSPS) is 10.7. The van der Waals surface area contributed by atoms with Gasteiger partial charge in [0.2, 0.25) is 5.91 Å². The van der Waals surface area contributed by atoms with Crippen LogP contribution in [0.15, 0.2) is 57.7 Å². The van der Waals surface area contributed by atoms with Crippen molar-refractivity contribution < 1.29 is 18.7 Å². The van der Waals surface area contributed by atoms with Gasteiger partial charge < -0.3 is 14.5 Å². The average molecular weight is 407 g/mol. The predicted molar refractivity (Wildman–Crippen MR) is 115 cm³/mol. The van der Waals surface area contributed by atoms with Crippen LogP contribution >= 0.6 is 0 Å². The van der Waals surface area contributed by atoms with Crippen molar-refractivity contribution in [2.45, 2.75) is 39.5 Å². The summed E-state index contributed by atoms with van der Waals surface area (Å²) in [6.07, 6.45) is 2.29. The van der Waals surface area contributed by atoms with E-state index >= 15 is 0 Å². The first-order valence-electron chi connectivity index (χ1n) is 9.99. The summed E-state index contributed by atoms with van der Waals surface area (Å²) in [7, 11) is 0. The molecule has 156 valence electrons. The van der Waals surface area contributed by atoms with Crippen LogP contribution < -0.4 is 15.7 Å². The molecule has 0 aliphatic heterocycles. The van der Waals surface area contributed by atoms with Crippen molar-refractivity contribution in [3.05, 3.63) is 75.6 Å². The van der Waals surface area contributed by atoms with E-state index in [4.69, 9.17) is 9.15 Å². The molecule has 30 heavy (non-hydrogen) atoms. The van der Waals surface area contributed by atoms with Gasteiger partial charge in [0.25, 0.3) is 0 Å². The third-order valence-electron chi connectivity index (χ3n) is 4.93. The first-order chi connectivity index (χ1) is 14.4. The number of rotatable bonds is 8. The smallest absolute Gasteiger partial charge is 0.339 e. The number of aryl methyl sites for hydroxylation is 2. The standard InChI is InChI=1S/C24H25NO5/c1-16-20-11-10-19(29-17(2)26)15-22(20)30-24(28)21(16)12-13-23(27)25-14-6-9-18-7-4-3-5-8-18/h3-5,7-8,10-11,15H,6,9,12-14H2,1-2H3,(H,25,27). The molecular formula is C24H25NO5. The molecule has 0 spiro atoms. The van der Waals surface area contributed by atoms with Gasteiger partial charge in [-0.05, 0) is 49.4 Å². The lowest BCUT2D eigenvalue weighted by molar-refractivity contribution is -0.131. The highest BCUT2D eigenvalue weighted by atomic mass is 16.5. The zero-order chi connectivity index (χ0) is 21.5. The number of ether oxygens (including phenoxy) is 1. The minimum Gasteiger partial charge on any atom is -0.427 e. The summed E-state index contributed by atoms with van der Waals surface area (Å²) in [5.74, 6) is -0.216. The Morgan fingerprint density at radius 3 is 2.57 bits per heavy atom. The lowest BCUT2D eigenvalue weighted by Gasteiger charge is -2.09. The quantitative estimate of drug-likeness (QED) is 0.266. The number of nitrogens with one attached hydrogen (secondary N) is 1. The van der Waals surface area contributed by atoms with E-state index in [0.29, 0.717) is 29.9 Å². The van der Waals surface area contributed by atoms with E-state index in [-0.39, 0.29) is 12.3 Å². The fraction of sp³-hybridized carbons (Fsp3) is 0.292. The van der Waals surface area contributed by atoms with Crippen molar-refractivity contribution in [2.24, 2.45) is 0 Å². The van der Waals surface area contributed by atoms with E-state index < -0.39 is 11.6 Å². The fourth-order valence-electron chi connectivity index (χ4n) is 3.38. The van der Waals surface area contributed by atoms with Crippen molar-refractivity contribution in [1.29, 1.82) is 0 Å². The zero-order valence-corrected chi connectivity index (χ0v) is 17.2. The highest BCUT2D eigenvalue weighted by Crippen LogP contribution is 2.24. The maximum atomic E-state index is 12.4. The molecule has 0 fully saturated rings. The van der Waals surface area contributed by atoms with Crippen LogP contribution in [0.3, 0.4) is 0 Å². The summed E-state index contributed by atoms with van der Waals surface area (Å²) >= 11 is 0. The molecule has 0 bridgehead atoms. The van der Waals surface area contributed by atoms with Crippen LogP contribution in [-0.2, 0) is 22.4 Å². The Balaban J connectivity index is 1.57. The summed E-state index contributed by atoms with van der Waals surface area (Å²) in [4.78, 5) is 35.7. The summed E-state index contributed by atoms with van der Waals surface area (Å²) in [6.45, 7) is 3.73. The molecule has 0 saturated heterocycles. The molecular weight excluding hydrogens is 382 g/mol. The van der Waals surface area contributed by atoms with E-state index in [1.165, 1.54) is 18.6 Å². The number of esters is 1. The second kappa shape index (κ2) is 9.87. The molecule has 1 N–H and O–H groups in total. The zero-order valence-electron chi connectivity index (χ0n) is 17.2. The van der Waals surface area contributed by atoms with Gasteiger partial charge in [-0.15, -0.1) is 0 Å². The van der Waals surface area contributed by atoms with Crippen molar-refractivity contribution in [3.8, 4) is 5.75 Å². The van der Waals surface area contributed by atoms with Crippen molar-refractivity contribution in [3.63, 3.8) is 0 Å². The Bertz CT molecular complexity index is 1100. The number of fused-ring (bicyclic) bond motifs is 1. The molecule has 0 atom stereocenters. The SMILES string of the molecule is CC(=O)Oc1ccc2c(C)c(CCC(=O)NCCCc3ccccc3)c(=O)oc2c1. The number of carbonyl (C=O) groups excluding carboxylic acids is 2. The Labute approximate surface area is 174 Å². The third kappa shape index (κ3) is 5.56. The molecule has 6 nitrogen and oxygen atoms in total.